The third-order valence-electron chi connectivity index (χ3n) is 5.60. The number of methoxy groups -OCH3 is 1. The van der Waals surface area contributed by atoms with E-state index in [1.54, 1.807) is 7.11 Å². The van der Waals surface area contributed by atoms with Crippen LogP contribution < -0.4 is 14.2 Å². The molecule has 2 aliphatic heterocycles. The lowest BCUT2D eigenvalue weighted by Crippen LogP contribution is -2.33. The first kappa shape index (κ1) is 18.6. The predicted molar refractivity (Wildman–Crippen MR) is 116 cm³/mol. The summed E-state index contributed by atoms with van der Waals surface area (Å²) in [5.74, 6) is 2.62. The number of rotatable bonds is 5. The summed E-state index contributed by atoms with van der Waals surface area (Å²) in [7, 11) is 1.67. The Morgan fingerprint density at radius 3 is 2.43 bits per heavy atom. The highest BCUT2D eigenvalue weighted by Gasteiger charge is 2.40. The molecule has 0 fully saturated rings. The lowest BCUT2D eigenvalue weighted by Gasteiger charge is -2.38. The van der Waals surface area contributed by atoms with Gasteiger partial charge in [0.05, 0.1) is 25.5 Å². The molecule has 0 aliphatic carbocycles. The maximum Gasteiger partial charge on any atom is 0.213 e. The zero-order valence-corrected chi connectivity index (χ0v) is 17.1. The highest BCUT2D eigenvalue weighted by Crippen LogP contribution is 2.47. The van der Waals surface area contributed by atoms with E-state index in [1.165, 1.54) is 5.56 Å². The van der Waals surface area contributed by atoms with Crippen LogP contribution in [-0.4, -0.2) is 24.4 Å². The first-order valence-electron chi connectivity index (χ1n) is 10.3. The maximum atomic E-state index is 6.40. The van der Waals surface area contributed by atoms with Crippen LogP contribution in [-0.2, 0) is 0 Å². The summed E-state index contributed by atoms with van der Waals surface area (Å²) >= 11 is 0. The normalized spacial score (nSPS) is 19.4. The van der Waals surface area contributed by atoms with E-state index >= 15 is 0 Å². The standard InChI is InChI=1S/C25H24N2O3/c1-3-29-20-14-8-17(9-15-20)22-16-23-21-6-4-5-7-24(21)30-25(27(23)26-22)18-10-12-19(28-2)13-11-18/h4-15,23,25H,3,16H2,1-2H3/t23-,25-/m1/s1. The number of hydrogen-bond acceptors (Lipinski definition) is 5. The second-order valence-electron chi connectivity index (χ2n) is 7.39. The molecule has 0 unspecified atom stereocenters. The number of hydrazone groups is 1. The van der Waals surface area contributed by atoms with Gasteiger partial charge in [-0.25, -0.2) is 5.01 Å². The molecule has 152 valence electrons. The number of nitrogens with zero attached hydrogens (tertiary/aromatic N) is 2. The summed E-state index contributed by atoms with van der Waals surface area (Å²) in [4.78, 5) is 0. The number of hydrogen-bond donors (Lipinski definition) is 0. The summed E-state index contributed by atoms with van der Waals surface area (Å²) in [5.41, 5.74) is 4.39. The van der Waals surface area contributed by atoms with Gasteiger partial charge in [0.15, 0.2) is 0 Å². The average molecular weight is 400 g/mol. The van der Waals surface area contributed by atoms with Gasteiger partial charge in [0, 0.05) is 17.5 Å². The van der Waals surface area contributed by atoms with Crippen LogP contribution in [0.2, 0.25) is 0 Å². The van der Waals surface area contributed by atoms with Crippen LogP contribution in [0.15, 0.2) is 77.9 Å². The molecule has 30 heavy (non-hydrogen) atoms. The molecule has 5 nitrogen and oxygen atoms in total. The SMILES string of the molecule is CCOc1ccc(C2=NN3[C@H](C2)c2ccccc2O[C@@H]3c2ccc(OC)cc2)cc1. The van der Waals surface area contributed by atoms with E-state index in [9.17, 15) is 0 Å². The molecule has 0 saturated carbocycles. The molecule has 5 rings (SSSR count). The van der Waals surface area contributed by atoms with Crippen molar-refractivity contribution in [3.05, 3.63) is 89.5 Å². The smallest absolute Gasteiger partial charge is 0.213 e. The second-order valence-corrected chi connectivity index (χ2v) is 7.39. The zero-order chi connectivity index (χ0) is 20.5. The van der Waals surface area contributed by atoms with Gasteiger partial charge in [0.25, 0.3) is 0 Å². The average Bonchev–Trinajstić information content (AvgIpc) is 3.25. The summed E-state index contributed by atoms with van der Waals surface area (Å²) in [6.45, 7) is 2.65. The van der Waals surface area contributed by atoms with E-state index in [-0.39, 0.29) is 12.3 Å². The molecule has 0 amide bonds. The molecule has 2 aliphatic rings. The maximum absolute atomic E-state index is 6.40. The Balaban J connectivity index is 1.51. The fourth-order valence-electron chi connectivity index (χ4n) is 4.11. The number of benzene rings is 3. The third-order valence-corrected chi connectivity index (χ3v) is 5.60. The van der Waals surface area contributed by atoms with Crippen molar-refractivity contribution in [2.24, 2.45) is 5.10 Å². The number of para-hydroxylation sites is 1. The molecule has 0 bridgehead atoms. The van der Waals surface area contributed by atoms with E-state index in [1.807, 2.05) is 55.5 Å². The Labute approximate surface area is 176 Å². The van der Waals surface area contributed by atoms with Gasteiger partial charge >= 0.3 is 0 Å². The molecule has 2 atom stereocenters. The Hall–Kier alpha value is -3.47. The lowest BCUT2D eigenvalue weighted by molar-refractivity contribution is -0.0190. The number of ether oxygens (including phenoxy) is 3. The molecule has 5 heteroatoms. The van der Waals surface area contributed by atoms with E-state index in [2.05, 4.69) is 29.3 Å². The van der Waals surface area contributed by atoms with Gasteiger partial charge in [0.1, 0.15) is 17.2 Å². The van der Waals surface area contributed by atoms with Gasteiger partial charge in [0.2, 0.25) is 6.23 Å². The van der Waals surface area contributed by atoms with Crippen LogP contribution in [0, 0.1) is 0 Å². The first-order chi connectivity index (χ1) is 14.8. The van der Waals surface area contributed by atoms with Crippen LogP contribution in [0.5, 0.6) is 17.2 Å². The first-order valence-corrected chi connectivity index (χ1v) is 10.3. The fraction of sp³-hybridized carbons (Fsp3) is 0.240. The summed E-state index contributed by atoms with van der Waals surface area (Å²) in [6, 6.07) is 24.6. The van der Waals surface area contributed by atoms with Gasteiger partial charge in [-0.15, -0.1) is 0 Å². The predicted octanol–water partition coefficient (Wildman–Crippen LogP) is 5.34. The fourth-order valence-corrected chi connectivity index (χ4v) is 4.11. The van der Waals surface area contributed by atoms with Crippen molar-refractivity contribution in [2.75, 3.05) is 13.7 Å². The van der Waals surface area contributed by atoms with E-state index < -0.39 is 0 Å². The zero-order valence-electron chi connectivity index (χ0n) is 17.1. The Bertz CT molecular complexity index is 1060. The third kappa shape index (κ3) is 3.26. The molecule has 2 heterocycles. The number of fused-ring (bicyclic) bond motifs is 3. The summed E-state index contributed by atoms with van der Waals surface area (Å²) < 4.78 is 17.3. The molecule has 0 spiro atoms. The second kappa shape index (κ2) is 7.75. The Kier molecular flexibility index (Phi) is 4.79. The summed E-state index contributed by atoms with van der Waals surface area (Å²) in [5, 5.41) is 7.10. The van der Waals surface area contributed by atoms with Crippen molar-refractivity contribution < 1.29 is 14.2 Å². The lowest BCUT2D eigenvalue weighted by atomic mass is 9.96. The van der Waals surface area contributed by atoms with Gasteiger partial charge < -0.3 is 14.2 Å². The van der Waals surface area contributed by atoms with E-state index in [4.69, 9.17) is 19.3 Å². The van der Waals surface area contributed by atoms with Crippen LogP contribution in [0.3, 0.4) is 0 Å². The van der Waals surface area contributed by atoms with Gasteiger partial charge in [-0.3, -0.25) is 0 Å². The molecule has 0 saturated heterocycles. The minimum absolute atomic E-state index is 0.142. The Morgan fingerprint density at radius 1 is 0.967 bits per heavy atom. The van der Waals surface area contributed by atoms with E-state index in [0.29, 0.717) is 6.61 Å². The molecule has 3 aromatic rings. The molecular weight excluding hydrogens is 376 g/mol. The summed E-state index contributed by atoms with van der Waals surface area (Å²) in [6.07, 6.45) is 0.553. The Morgan fingerprint density at radius 2 is 1.70 bits per heavy atom. The van der Waals surface area contributed by atoms with Crippen LogP contribution in [0.25, 0.3) is 0 Å². The van der Waals surface area contributed by atoms with Crippen molar-refractivity contribution in [1.29, 1.82) is 0 Å². The topological polar surface area (TPSA) is 43.3 Å². The van der Waals surface area contributed by atoms with Crippen molar-refractivity contribution in [3.63, 3.8) is 0 Å². The monoisotopic (exact) mass is 400 g/mol. The van der Waals surface area contributed by atoms with Crippen LogP contribution in [0.1, 0.15) is 42.3 Å². The minimum Gasteiger partial charge on any atom is -0.497 e. The van der Waals surface area contributed by atoms with Crippen LogP contribution in [0.4, 0.5) is 0 Å². The van der Waals surface area contributed by atoms with E-state index in [0.717, 1.165) is 40.5 Å². The molecule has 0 aromatic heterocycles. The van der Waals surface area contributed by atoms with Gasteiger partial charge in [-0.2, -0.15) is 5.10 Å². The highest BCUT2D eigenvalue weighted by atomic mass is 16.5. The largest absolute Gasteiger partial charge is 0.497 e. The molecule has 3 aromatic carbocycles. The molecule has 0 radical (unpaired) electrons. The van der Waals surface area contributed by atoms with Crippen molar-refractivity contribution >= 4 is 5.71 Å². The van der Waals surface area contributed by atoms with Crippen LogP contribution >= 0.6 is 0 Å². The van der Waals surface area contributed by atoms with Crippen molar-refractivity contribution in [2.45, 2.75) is 25.6 Å². The molecular formula is C25H24N2O3. The van der Waals surface area contributed by atoms with Crippen molar-refractivity contribution in [1.82, 2.24) is 5.01 Å². The highest BCUT2D eigenvalue weighted by molar-refractivity contribution is 6.02. The quantitative estimate of drug-likeness (QED) is 0.580. The minimum atomic E-state index is -0.281. The van der Waals surface area contributed by atoms with Gasteiger partial charge in [-0.1, -0.05) is 18.2 Å². The molecule has 0 N–H and O–H groups in total. The van der Waals surface area contributed by atoms with Gasteiger partial charge in [-0.05, 0) is 67.1 Å². The van der Waals surface area contributed by atoms with Crippen molar-refractivity contribution in [3.8, 4) is 17.2 Å².